The van der Waals surface area contributed by atoms with Gasteiger partial charge in [0.1, 0.15) is 5.54 Å². The largest absolute Gasteiger partial charge is 0.395 e. The van der Waals surface area contributed by atoms with Gasteiger partial charge in [-0.25, -0.2) is 0 Å². The number of thioether (sulfide) groups is 1. The van der Waals surface area contributed by atoms with Crippen molar-refractivity contribution in [1.82, 2.24) is 5.32 Å². The predicted octanol–water partition coefficient (Wildman–Crippen LogP) is 1.38. The van der Waals surface area contributed by atoms with E-state index >= 15 is 0 Å². The second-order valence-corrected chi connectivity index (χ2v) is 5.13. The van der Waals surface area contributed by atoms with Gasteiger partial charge in [0.15, 0.2) is 0 Å². The van der Waals surface area contributed by atoms with E-state index in [4.69, 9.17) is 10.4 Å². The zero-order valence-corrected chi connectivity index (χ0v) is 10.0. The maximum absolute atomic E-state index is 8.97. The third-order valence-corrected chi connectivity index (χ3v) is 3.23. The summed E-state index contributed by atoms with van der Waals surface area (Å²) in [6, 6.07) is 2.28. The molecule has 0 aromatic heterocycles. The maximum Gasteiger partial charge on any atom is 0.104 e. The van der Waals surface area contributed by atoms with E-state index in [1.807, 2.05) is 20.8 Å². The fraction of sp³-hybridized carbons (Fsp3) is 0.900. The summed E-state index contributed by atoms with van der Waals surface area (Å²) in [7, 11) is 0. The van der Waals surface area contributed by atoms with Crippen LogP contribution in [0.5, 0.6) is 0 Å². The van der Waals surface area contributed by atoms with Crippen molar-refractivity contribution < 1.29 is 5.11 Å². The molecule has 3 nitrogen and oxygen atoms in total. The zero-order valence-electron chi connectivity index (χ0n) is 9.21. The van der Waals surface area contributed by atoms with Crippen LogP contribution in [0, 0.1) is 11.3 Å². The van der Waals surface area contributed by atoms with Crippen LogP contribution in [-0.2, 0) is 0 Å². The highest BCUT2D eigenvalue weighted by Gasteiger charge is 2.21. The van der Waals surface area contributed by atoms with Crippen molar-refractivity contribution in [3.8, 4) is 6.07 Å². The van der Waals surface area contributed by atoms with Gasteiger partial charge in [-0.15, -0.1) is 0 Å². The van der Waals surface area contributed by atoms with Gasteiger partial charge in [0, 0.05) is 5.25 Å². The molecule has 0 heterocycles. The fourth-order valence-corrected chi connectivity index (χ4v) is 2.12. The second-order valence-electron chi connectivity index (χ2n) is 3.59. The van der Waals surface area contributed by atoms with Gasteiger partial charge in [-0.1, -0.05) is 13.8 Å². The Morgan fingerprint density at radius 2 is 2.29 bits per heavy atom. The number of rotatable bonds is 7. The van der Waals surface area contributed by atoms with Crippen LogP contribution in [-0.4, -0.2) is 34.8 Å². The Hall–Kier alpha value is -0.240. The Morgan fingerprint density at radius 1 is 1.64 bits per heavy atom. The SMILES string of the molecule is CCNC(C)(C#N)CCSC(C)CO. The molecule has 0 aliphatic heterocycles. The summed E-state index contributed by atoms with van der Waals surface area (Å²) in [5.41, 5.74) is -0.420. The molecule has 0 aliphatic carbocycles. The average Bonchev–Trinajstić information content (AvgIpc) is 2.18. The van der Waals surface area contributed by atoms with E-state index < -0.39 is 5.54 Å². The Morgan fingerprint density at radius 3 is 2.71 bits per heavy atom. The molecule has 0 aromatic rings. The standard InChI is InChI=1S/C10H20N2OS/c1-4-12-10(3,8-11)5-6-14-9(2)7-13/h9,12-13H,4-7H2,1-3H3. The van der Waals surface area contributed by atoms with Crippen molar-refractivity contribution in [2.75, 3.05) is 18.9 Å². The van der Waals surface area contributed by atoms with Gasteiger partial charge in [0.05, 0.1) is 12.7 Å². The Bertz CT molecular complexity index is 193. The van der Waals surface area contributed by atoms with Crippen molar-refractivity contribution in [3.63, 3.8) is 0 Å². The van der Waals surface area contributed by atoms with Crippen LogP contribution in [0.2, 0.25) is 0 Å². The molecule has 0 radical (unpaired) electrons. The molecule has 0 amide bonds. The van der Waals surface area contributed by atoms with E-state index in [2.05, 4.69) is 11.4 Å². The third-order valence-electron chi connectivity index (χ3n) is 2.08. The van der Waals surface area contributed by atoms with Crippen molar-refractivity contribution in [1.29, 1.82) is 5.26 Å². The molecule has 0 saturated carbocycles. The number of hydrogen-bond acceptors (Lipinski definition) is 4. The van der Waals surface area contributed by atoms with Crippen molar-refractivity contribution in [3.05, 3.63) is 0 Å². The van der Waals surface area contributed by atoms with Crippen LogP contribution in [0.25, 0.3) is 0 Å². The van der Waals surface area contributed by atoms with Gasteiger partial charge in [-0.05, 0) is 25.6 Å². The molecule has 0 fully saturated rings. The maximum atomic E-state index is 8.97. The molecule has 0 bridgehead atoms. The van der Waals surface area contributed by atoms with Crippen LogP contribution in [0.15, 0.2) is 0 Å². The first-order valence-corrected chi connectivity index (χ1v) is 6.01. The Labute approximate surface area is 90.9 Å². The summed E-state index contributed by atoms with van der Waals surface area (Å²) in [6.45, 7) is 6.92. The molecule has 2 atom stereocenters. The summed E-state index contributed by atoms with van der Waals surface area (Å²) in [5, 5.41) is 21.2. The first-order valence-electron chi connectivity index (χ1n) is 4.96. The van der Waals surface area contributed by atoms with E-state index in [1.54, 1.807) is 11.8 Å². The van der Waals surface area contributed by atoms with E-state index in [0.717, 1.165) is 18.7 Å². The smallest absolute Gasteiger partial charge is 0.104 e. The van der Waals surface area contributed by atoms with E-state index in [0.29, 0.717) is 0 Å². The summed E-state index contributed by atoms with van der Waals surface area (Å²) >= 11 is 1.70. The molecular weight excluding hydrogens is 196 g/mol. The normalized spacial score (nSPS) is 17.1. The zero-order chi connectivity index (χ0) is 11.0. The summed E-state index contributed by atoms with van der Waals surface area (Å²) in [6.07, 6.45) is 0.812. The molecule has 4 heteroatoms. The summed E-state index contributed by atoms with van der Waals surface area (Å²) in [5.74, 6) is 0.902. The van der Waals surface area contributed by atoms with Crippen molar-refractivity contribution >= 4 is 11.8 Å². The molecule has 0 aliphatic rings. The lowest BCUT2D eigenvalue weighted by Gasteiger charge is -2.22. The number of nitrogens with one attached hydrogen (secondary N) is 1. The van der Waals surface area contributed by atoms with Crippen LogP contribution in [0.3, 0.4) is 0 Å². The lowest BCUT2D eigenvalue weighted by Crippen LogP contribution is -2.41. The molecule has 14 heavy (non-hydrogen) atoms. The van der Waals surface area contributed by atoms with Crippen LogP contribution < -0.4 is 5.32 Å². The van der Waals surface area contributed by atoms with Gasteiger partial charge >= 0.3 is 0 Å². The second kappa shape index (κ2) is 7.10. The molecule has 2 N–H and O–H groups in total. The minimum absolute atomic E-state index is 0.204. The molecule has 2 unspecified atom stereocenters. The first-order chi connectivity index (χ1) is 6.58. The van der Waals surface area contributed by atoms with Crippen molar-refractivity contribution in [2.24, 2.45) is 0 Å². The topological polar surface area (TPSA) is 56.0 Å². The third kappa shape index (κ3) is 5.48. The van der Waals surface area contributed by atoms with E-state index in [-0.39, 0.29) is 11.9 Å². The first kappa shape index (κ1) is 13.8. The van der Waals surface area contributed by atoms with Gasteiger partial charge < -0.3 is 5.11 Å². The van der Waals surface area contributed by atoms with Gasteiger partial charge in [0.2, 0.25) is 0 Å². The fourth-order valence-electron chi connectivity index (χ4n) is 1.09. The van der Waals surface area contributed by atoms with Crippen molar-refractivity contribution in [2.45, 2.75) is 38.0 Å². The molecule has 82 valence electrons. The van der Waals surface area contributed by atoms with E-state index in [9.17, 15) is 0 Å². The van der Waals surface area contributed by atoms with E-state index in [1.165, 1.54) is 0 Å². The lowest BCUT2D eigenvalue weighted by atomic mass is 10.0. The quantitative estimate of drug-likeness (QED) is 0.675. The number of nitrogens with zero attached hydrogens (tertiary/aromatic N) is 1. The van der Waals surface area contributed by atoms with Crippen LogP contribution in [0.1, 0.15) is 27.2 Å². The molecule has 0 rings (SSSR count). The molecule has 0 spiro atoms. The minimum atomic E-state index is -0.420. The van der Waals surface area contributed by atoms with Gasteiger partial charge in [-0.3, -0.25) is 5.32 Å². The van der Waals surface area contributed by atoms with Gasteiger partial charge in [0.25, 0.3) is 0 Å². The Balaban J connectivity index is 3.79. The molecule has 0 aromatic carbocycles. The summed E-state index contributed by atoms with van der Waals surface area (Å²) in [4.78, 5) is 0. The number of nitriles is 1. The van der Waals surface area contributed by atoms with Crippen LogP contribution in [0.4, 0.5) is 0 Å². The lowest BCUT2D eigenvalue weighted by molar-refractivity contribution is 0.300. The number of hydrogen-bond donors (Lipinski definition) is 2. The number of aliphatic hydroxyl groups excluding tert-OH is 1. The molecule has 0 saturated heterocycles. The highest BCUT2D eigenvalue weighted by Crippen LogP contribution is 2.16. The van der Waals surface area contributed by atoms with Crippen LogP contribution >= 0.6 is 11.8 Å². The number of aliphatic hydroxyl groups is 1. The minimum Gasteiger partial charge on any atom is -0.395 e. The van der Waals surface area contributed by atoms with Gasteiger partial charge in [-0.2, -0.15) is 17.0 Å². The monoisotopic (exact) mass is 216 g/mol. The highest BCUT2D eigenvalue weighted by molar-refractivity contribution is 7.99. The highest BCUT2D eigenvalue weighted by atomic mass is 32.2. The summed E-state index contributed by atoms with van der Waals surface area (Å²) < 4.78 is 0. The average molecular weight is 216 g/mol. The molecular formula is C10H20N2OS. The predicted molar refractivity (Wildman–Crippen MR) is 61.3 cm³/mol. The Kier molecular flexibility index (Phi) is 6.98.